The zero-order valence-electron chi connectivity index (χ0n) is 21.6. The minimum absolute atomic E-state index is 0.0675. The van der Waals surface area contributed by atoms with Gasteiger partial charge in [-0.05, 0) is 62.7 Å². The molecular weight excluding hydrogens is 464 g/mol. The molecule has 0 unspecified atom stereocenters. The van der Waals surface area contributed by atoms with Gasteiger partial charge in [0, 0.05) is 23.5 Å². The van der Waals surface area contributed by atoms with Crippen LogP contribution in [0.5, 0.6) is 5.75 Å². The number of carbonyl (C=O) groups excluding carboxylic acids is 2. The summed E-state index contributed by atoms with van der Waals surface area (Å²) in [6.45, 7) is 5.77. The number of amides is 2. The fraction of sp³-hybridized carbons (Fsp3) is 0.233. The average molecular weight is 497 g/mol. The maximum absolute atomic E-state index is 13.2. The lowest BCUT2D eigenvalue weighted by atomic mass is 10.1. The van der Waals surface area contributed by atoms with Crippen molar-refractivity contribution in [3.8, 4) is 22.7 Å². The number of imidazole rings is 1. The predicted octanol–water partition coefficient (Wildman–Crippen LogP) is 5.27. The van der Waals surface area contributed by atoms with Gasteiger partial charge >= 0.3 is 0 Å². The Hall–Kier alpha value is -4.39. The molecule has 0 spiro atoms. The molecule has 0 saturated heterocycles. The molecule has 7 heteroatoms. The number of hydrogen-bond acceptors (Lipinski definition) is 4. The Morgan fingerprint density at radius 2 is 1.65 bits per heavy atom. The largest absolute Gasteiger partial charge is 0.497 e. The number of rotatable bonds is 9. The highest BCUT2D eigenvalue weighted by atomic mass is 16.5. The minimum Gasteiger partial charge on any atom is -0.497 e. The van der Waals surface area contributed by atoms with Gasteiger partial charge in [0.1, 0.15) is 12.3 Å². The standard InChI is InChI=1S/C30H32N4O3/c1-21(2)33(29(36)18-23-8-6-5-7-9-23)20-28(35)32-30-31-27(24-12-16-26(37-4)17-13-24)19-34(30)25-14-10-22(3)11-15-25/h5-17,19,21H,18,20H2,1-4H3,(H,31,32,35). The van der Waals surface area contributed by atoms with Gasteiger partial charge in [-0.2, -0.15) is 0 Å². The van der Waals surface area contributed by atoms with Gasteiger partial charge in [-0.1, -0.05) is 48.0 Å². The molecule has 1 heterocycles. The van der Waals surface area contributed by atoms with Gasteiger partial charge < -0.3 is 9.64 Å². The summed E-state index contributed by atoms with van der Waals surface area (Å²) in [6.07, 6.45) is 2.13. The maximum Gasteiger partial charge on any atom is 0.246 e. The van der Waals surface area contributed by atoms with Crippen molar-refractivity contribution in [2.24, 2.45) is 0 Å². The van der Waals surface area contributed by atoms with Crippen molar-refractivity contribution in [1.29, 1.82) is 0 Å². The van der Waals surface area contributed by atoms with Gasteiger partial charge in [0.15, 0.2) is 0 Å². The van der Waals surface area contributed by atoms with E-state index in [1.807, 2.05) is 110 Å². The molecule has 3 aromatic carbocycles. The lowest BCUT2D eigenvalue weighted by Gasteiger charge is -2.26. The number of aryl methyl sites for hydroxylation is 1. The number of ether oxygens (including phenoxy) is 1. The molecule has 0 atom stereocenters. The Bertz CT molecular complexity index is 1340. The van der Waals surface area contributed by atoms with Gasteiger partial charge in [-0.15, -0.1) is 0 Å². The third-order valence-corrected chi connectivity index (χ3v) is 6.11. The van der Waals surface area contributed by atoms with Gasteiger partial charge in [-0.3, -0.25) is 19.5 Å². The van der Waals surface area contributed by atoms with E-state index in [1.54, 1.807) is 12.0 Å². The number of nitrogens with zero attached hydrogens (tertiary/aromatic N) is 3. The molecular formula is C30H32N4O3. The molecule has 1 aromatic heterocycles. The number of benzene rings is 3. The number of carbonyl (C=O) groups is 2. The Balaban J connectivity index is 1.58. The van der Waals surface area contributed by atoms with Crippen LogP contribution in [-0.4, -0.2) is 46.0 Å². The van der Waals surface area contributed by atoms with E-state index in [0.717, 1.165) is 28.1 Å². The molecule has 0 radical (unpaired) electrons. The Morgan fingerprint density at radius 3 is 2.27 bits per heavy atom. The molecule has 0 aliphatic rings. The Kier molecular flexibility index (Phi) is 8.03. The van der Waals surface area contributed by atoms with Crippen LogP contribution < -0.4 is 10.1 Å². The molecule has 0 bridgehead atoms. The van der Waals surface area contributed by atoms with Gasteiger partial charge in [0.05, 0.1) is 19.2 Å². The summed E-state index contributed by atoms with van der Waals surface area (Å²) in [5.41, 5.74) is 4.52. The first-order valence-electron chi connectivity index (χ1n) is 12.3. The summed E-state index contributed by atoms with van der Waals surface area (Å²) < 4.78 is 7.11. The third kappa shape index (κ3) is 6.44. The van der Waals surface area contributed by atoms with E-state index in [4.69, 9.17) is 9.72 Å². The number of anilines is 1. The van der Waals surface area contributed by atoms with Crippen molar-refractivity contribution in [1.82, 2.24) is 14.5 Å². The number of methoxy groups -OCH3 is 1. The molecule has 7 nitrogen and oxygen atoms in total. The third-order valence-electron chi connectivity index (χ3n) is 6.11. The Morgan fingerprint density at radius 1 is 0.973 bits per heavy atom. The van der Waals surface area contributed by atoms with Crippen molar-refractivity contribution in [3.63, 3.8) is 0 Å². The van der Waals surface area contributed by atoms with E-state index in [2.05, 4.69) is 5.32 Å². The highest BCUT2D eigenvalue weighted by Crippen LogP contribution is 2.26. The van der Waals surface area contributed by atoms with Crippen LogP contribution in [0.15, 0.2) is 85.1 Å². The highest BCUT2D eigenvalue weighted by Gasteiger charge is 2.22. The van der Waals surface area contributed by atoms with E-state index >= 15 is 0 Å². The fourth-order valence-corrected chi connectivity index (χ4v) is 4.02. The first kappa shape index (κ1) is 25.7. The van der Waals surface area contributed by atoms with Crippen molar-refractivity contribution >= 4 is 17.8 Å². The van der Waals surface area contributed by atoms with Crippen molar-refractivity contribution in [2.75, 3.05) is 19.0 Å². The van der Waals surface area contributed by atoms with Crippen LogP contribution >= 0.6 is 0 Å². The molecule has 0 fully saturated rings. The quantitative estimate of drug-likeness (QED) is 0.342. The van der Waals surface area contributed by atoms with Gasteiger partial charge in [0.2, 0.25) is 17.8 Å². The van der Waals surface area contributed by atoms with Gasteiger partial charge in [0.25, 0.3) is 0 Å². The van der Waals surface area contributed by atoms with Crippen molar-refractivity contribution in [3.05, 3.63) is 96.2 Å². The second kappa shape index (κ2) is 11.6. The molecule has 0 saturated carbocycles. The van der Waals surface area contributed by atoms with Crippen LogP contribution in [0.25, 0.3) is 16.9 Å². The molecule has 0 aliphatic carbocycles. The maximum atomic E-state index is 13.2. The van der Waals surface area contributed by atoms with E-state index in [-0.39, 0.29) is 30.8 Å². The smallest absolute Gasteiger partial charge is 0.246 e. The molecule has 190 valence electrons. The lowest BCUT2D eigenvalue weighted by Crippen LogP contribution is -2.43. The van der Waals surface area contributed by atoms with E-state index in [1.165, 1.54) is 0 Å². The summed E-state index contributed by atoms with van der Waals surface area (Å²) >= 11 is 0. The average Bonchev–Trinajstić information content (AvgIpc) is 3.31. The number of nitrogens with one attached hydrogen (secondary N) is 1. The zero-order chi connectivity index (χ0) is 26.4. The molecule has 4 rings (SSSR count). The predicted molar refractivity (Wildman–Crippen MR) is 146 cm³/mol. The minimum atomic E-state index is -0.310. The molecule has 2 amide bonds. The molecule has 1 N–H and O–H groups in total. The van der Waals surface area contributed by atoms with Crippen LogP contribution in [0.1, 0.15) is 25.0 Å². The van der Waals surface area contributed by atoms with E-state index < -0.39 is 0 Å². The van der Waals surface area contributed by atoms with Crippen LogP contribution in [0.2, 0.25) is 0 Å². The number of aromatic nitrogens is 2. The van der Waals surface area contributed by atoms with Crippen LogP contribution in [0, 0.1) is 6.92 Å². The van der Waals surface area contributed by atoms with E-state index in [9.17, 15) is 9.59 Å². The summed E-state index contributed by atoms with van der Waals surface area (Å²) in [4.78, 5) is 32.5. The first-order chi connectivity index (χ1) is 17.8. The molecule has 4 aromatic rings. The zero-order valence-corrected chi connectivity index (χ0v) is 21.6. The lowest BCUT2D eigenvalue weighted by molar-refractivity contribution is -0.135. The van der Waals surface area contributed by atoms with Crippen molar-refractivity contribution < 1.29 is 14.3 Å². The molecule has 37 heavy (non-hydrogen) atoms. The summed E-state index contributed by atoms with van der Waals surface area (Å²) in [5, 5.41) is 2.93. The summed E-state index contributed by atoms with van der Waals surface area (Å²) in [7, 11) is 1.62. The van der Waals surface area contributed by atoms with Gasteiger partial charge in [-0.25, -0.2) is 4.98 Å². The first-order valence-corrected chi connectivity index (χ1v) is 12.3. The van der Waals surface area contributed by atoms with Crippen molar-refractivity contribution in [2.45, 2.75) is 33.2 Å². The molecule has 0 aliphatic heterocycles. The van der Waals surface area contributed by atoms with E-state index in [0.29, 0.717) is 11.6 Å². The normalized spacial score (nSPS) is 10.8. The fourth-order valence-electron chi connectivity index (χ4n) is 4.02. The number of hydrogen-bond donors (Lipinski definition) is 1. The second-order valence-electron chi connectivity index (χ2n) is 9.21. The van der Waals surface area contributed by atoms with Crippen LogP contribution in [0.4, 0.5) is 5.95 Å². The highest BCUT2D eigenvalue weighted by molar-refractivity contribution is 5.94. The summed E-state index contributed by atoms with van der Waals surface area (Å²) in [5.74, 6) is 0.732. The SMILES string of the molecule is COc1ccc(-c2cn(-c3ccc(C)cc3)c(NC(=O)CN(C(=O)Cc3ccccc3)C(C)C)n2)cc1. The topological polar surface area (TPSA) is 76.5 Å². The Labute approximate surface area is 217 Å². The monoisotopic (exact) mass is 496 g/mol. The second-order valence-corrected chi connectivity index (χ2v) is 9.21. The van der Waals surface area contributed by atoms with Crippen LogP contribution in [0.3, 0.4) is 0 Å². The van der Waals surface area contributed by atoms with Crippen LogP contribution in [-0.2, 0) is 16.0 Å². The summed E-state index contributed by atoms with van der Waals surface area (Å²) in [6, 6.07) is 25.0.